The number of para-hydroxylation sites is 1. The van der Waals surface area contributed by atoms with Crippen molar-refractivity contribution in [1.82, 2.24) is 14.8 Å². The Balaban J connectivity index is 1.49. The standard InChI is InChI=1S/C18H23N3O2S/c22-18(20-9-11-23-12-10-20)15-6-3-4-8-21(15)13-17-19-14-5-1-2-7-16(14)24-17/h1-2,5,7,15H,3-4,6,8-13H2/t15-/m0/s1. The molecule has 0 unspecified atom stereocenters. The average Bonchev–Trinajstić information content (AvgIpc) is 3.04. The molecule has 2 fully saturated rings. The molecule has 1 amide bonds. The van der Waals surface area contributed by atoms with Crippen LogP contribution in [-0.4, -0.2) is 59.6 Å². The van der Waals surface area contributed by atoms with E-state index in [1.165, 1.54) is 4.70 Å². The molecule has 1 aromatic heterocycles. The third kappa shape index (κ3) is 3.31. The molecule has 0 N–H and O–H groups in total. The van der Waals surface area contributed by atoms with E-state index in [9.17, 15) is 4.79 Å². The fraction of sp³-hybridized carbons (Fsp3) is 0.556. The van der Waals surface area contributed by atoms with Gasteiger partial charge in [-0.3, -0.25) is 9.69 Å². The third-order valence-corrected chi connectivity index (χ3v) is 5.92. The molecule has 0 bridgehead atoms. The molecule has 2 aliphatic rings. The number of fused-ring (bicyclic) bond motifs is 1. The minimum absolute atomic E-state index is 0.00358. The van der Waals surface area contributed by atoms with Crippen molar-refractivity contribution in [2.24, 2.45) is 0 Å². The highest BCUT2D eigenvalue weighted by Gasteiger charge is 2.33. The van der Waals surface area contributed by atoms with Crippen molar-refractivity contribution in [3.8, 4) is 0 Å². The third-order valence-electron chi connectivity index (χ3n) is 4.90. The van der Waals surface area contributed by atoms with Gasteiger partial charge in [-0.1, -0.05) is 18.6 Å². The predicted molar refractivity (Wildman–Crippen MR) is 95.1 cm³/mol. The van der Waals surface area contributed by atoms with Crippen LogP contribution in [0.15, 0.2) is 24.3 Å². The van der Waals surface area contributed by atoms with Crippen LogP contribution < -0.4 is 0 Å². The molecule has 0 saturated carbocycles. The van der Waals surface area contributed by atoms with Crippen LogP contribution in [0.3, 0.4) is 0 Å². The lowest BCUT2D eigenvalue weighted by Gasteiger charge is -2.38. The van der Waals surface area contributed by atoms with E-state index < -0.39 is 0 Å². The molecule has 1 aromatic carbocycles. The second-order valence-electron chi connectivity index (χ2n) is 6.50. The molecular formula is C18H23N3O2S. The lowest BCUT2D eigenvalue weighted by molar-refractivity contribution is -0.142. The first kappa shape index (κ1) is 16.0. The largest absolute Gasteiger partial charge is 0.378 e. The van der Waals surface area contributed by atoms with Gasteiger partial charge in [0, 0.05) is 13.1 Å². The topological polar surface area (TPSA) is 45.7 Å². The Kier molecular flexibility index (Phi) is 4.78. The Morgan fingerprint density at radius 1 is 1.21 bits per heavy atom. The van der Waals surface area contributed by atoms with Gasteiger partial charge in [0.25, 0.3) is 0 Å². The molecule has 2 saturated heterocycles. The number of piperidine rings is 1. The fourth-order valence-electron chi connectivity index (χ4n) is 3.62. The zero-order valence-corrected chi connectivity index (χ0v) is 14.6. The van der Waals surface area contributed by atoms with E-state index in [2.05, 4.69) is 23.1 Å². The van der Waals surface area contributed by atoms with E-state index in [4.69, 9.17) is 9.72 Å². The van der Waals surface area contributed by atoms with E-state index in [0.717, 1.165) is 56.0 Å². The van der Waals surface area contributed by atoms with Crippen LogP contribution in [0.25, 0.3) is 10.2 Å². The minimum Gasteiger partial charge on any atom is -0.378 e. The Bertz CT molecular complexity index is 678. The molecule has 128 valence electrons. The number of carbonyl (C=O) groups excluding carboxylic acids is 1. The first-order valence-corrected chi connectivity index (χ1v) is 9.58. The molecule has 0 aliphatic carbocycles. The van der Waals surface area contributed by atoms with E-state index >= 15 is 0 Å². The number of morpholine rings is 1. The van der Waals surface area contributed by atoms with Crippen molar-refractivity contribution in [2.75, 3.05) is 32.8 Å². The summed E-state index contributed by atoms with van der Waals surface area (Å²) in [5, 5.41) is 1.11. The van der Waals surface area contributed by atoms with Gasteiger partial charge in [-0.25, -0.2) is 4.98 Å². The van der Waals surface area contributed by atoms with Crippen LogP contribution in [0.2, 0.25) is 0 Å². The van der Waals surface area contributed by atoms with Gasteiger partial charge < -0.3 is 9.64 Å². The molecule has 1 atom stereocenters. The summed E-state index contributed by atoms with van der Waals surface area (Å²) in [5.74, 6) is 0.277. The molecule has 24 heavy (non-hydrogen) atoms. The molecule has 5 nitrogen and oxygen atoms in total. The first-order valence-electron chi connectivity index (χ1n) is 8.76. The molecular weight excluding hydrogens is 322 g/mol. The lowest BCUT2D eigenvalue weighted by atomic mass is 10.0. The summed E-state index contributed by atoms with van der Waals surface area (Å²) >= 11 is 1.74. The van der Waals surface area contributed by atoms with Crippen molar-refractivity contribution in [1.29, 1.82) is 0 Å². The Hall–Kier alpha value is -1.50. The monoisotopic (exact) mass is 345 g/mol. The second-order valence-corrected chi connectivity index (χ2v) is 7.61. The van der Waals surface area contributed by atoms with Gasteiger partial charge in [-0.05, 0) is 31.5 Å². The first-order chi connectivity index (χ1) is 11.8. The highest BCUT2D eigenvalue weighted by atomic mass is 32.1. The van der Waals surface area contributed by atoms with Crippen LogP contribution >= 0.6 is 11.3 Å². The zero-order valence-electron chi connectivity index (χ0n) is 13.8. The number of hydrogen-bond acceptors (Lipinski definition) is 5. The molecule has 4 rings (SSSR count). The number of rotatable bonds is 3. The average molecular weight is 345 g/mol. The maximum Gasteiger partial charge on any atom is 0.240 e. The Morgan fingerprint density at radius 2 is 2.04 bits per heavy atom. The highest BCUT2D eigenvalue weighted by Crippen LogP contribution is 2.26. The second kappa shape index (κ2) is 7.17. The summed E-state index contributed by atoms with van der Waals surface area (Å²) in [7, 11) is 0. The zero-order chi connectivity index (χ0) is 16.4. The summed E-state index contributed by atoms with van der Waals surface area (Å²) in [4.78, 5) is 22.0. The van der Waals surface area contributed by atoms with Gasteiger partial charge in [-0.15, -0.1) is 11.3 Å². The van der Waals surface area contributed by atoms with Crippen LogP contribution in [0.5, 0.6) is 0 Å². The number of amides is 1. The van der Waals surface area contributed by atoms with E-state index in [0.29, 0.717) is 13.2 Å². The van der Waals surface area contributed by atoms with E-state index in [-0.39, 0.29) is 11.9 Å². The SMILES string of the molecule is O=C([C@@H]1CCCCN1Cc1nc2ccccc2s1)N1CCOCC1. The number of hydrogen-bond donors (Lipinski definition) is 0. The molecule has 2 aliphatic heterocycles. The minimum atomic E-state index is 0.00358. The smallest absolute Gasteiger partial charge is 0.240 e. The number of aromatic nitrogens is 1. The number of likely N-dealkylation sites (tertiary alicyclic amines) is 1. The number of thiazole rings is 1. The summed E-state index contributed by atoms with van der Waals surface area (Å²) in [6.45, 7) is 4.54. The Morgan fingerprint density at radius 3 is 2.88 bits per heavy atom. The molecule has 0 radical (unpaired) electrons. The number of nitrogens with zero attached hydrogens (tertiary/aromatic N) is 3. The van der Waals surface area contributed by atoms with Crippen LogP contribution in [0, 0.1) is 0 Å². The molecule has 2 aromatic rings. The van der Waals surface area contributed by atoms with Gasteiger partial charge in [0.15, 0.2) is 0 Å². The van der Waals surface area contributed by atoms with E-state index in [1.54, 1.807) is 11.3 Å². The molecule has 6 heteroatoms. The summed E-state index contributed by atoms with van der Waals surface area (Å²) in [5.41, 5.74) is 1.06. The lowest BCUT2D eigenvalue weighted by Crippen LogP contribution is -2.53. The quantitative estimate of drug-likeness (QED) is 0.857. The number of carbonyl (C=O) groups is 1. The van der Waals surface area contributed by atoms with Gasteiger partial charge in [-0.2, -0.15) is 0 Å². The molecule has 3 heterocycles. The van der Waals surface area contributed by atoms with Crippen LogP contribution in [-0.2, 0) is 16.1 Å². The van der Waals surface area contributed by atoms with Crippen molar-refractivity contribution in [3.63, 3.8) is 0 Å². The van der Waals surface area contributed by atoms with Gasteiger partial charge in [0.1, 0.15) is 5.01 Å². The van der Waals surface area contributed by atoms with Crippen LogP contribution in [0.1, 0.15) is 24.3 Å². The summed E-state index contributed by atoms with van der Waals surface area (Å²) in [6, 6.07) is 8.25. The Labute approximate surface area is 146 Å². The van der Waals surface area contributed by atoms with Crippen molar-refractivity contribution in [2.45, 2.75) is 31.8 Å². The number of ether oxygens (including phenoxy) is 1. The van der Waals surface area contributed by atoms with Crippen molar-refractivity contribution in [3.05, 3.63) is 29.3 Å². The predicted octanol–water partition coefficient (Wildman–Crippen LogP) is 2.51. The summed E-state index contributed by atoms with van der Waals surface area (Å²) < 4.78 is 6.60. The van der Waals surface area contributed by atoms with E-state index in [1.807, 2.05) is 11.0 Å². The van der Waals surface area contributed by atoms with Gasteiger partial charge >= 0.3 is 0 Å². The maximum absolute atomic E-state index is 12.9. The fourth-order valence-corrected chi connectivity index (χ4v) is 4.61. The normalized spacial score (nSPS) is 22.8. The summed E-state index contributed by atoms with van der Waals surface area (Å²) in [6.07, 6.45) is 3.26. The van der Waals surface area contributed by atoms with Crippen molar-refractivity contribution >= 4 is 27.5 Å². The van der Waals surface area contributed by atoms with Crippen molar-refractivity contribution < 1.29 is 9.53 Å². The van der Waals surface area contributed by atoms with Gasteiger partial charge in [0.05, 0.1) is 36.0 Å². The highest BCUT2D eigenvalue weighted by molar-refractivity contribution is 7.18. The molecule has 0 spiro atoms. The van der Waals surface area contributed by atoms with Gasteiger partial charge in [0.2, 0.25) is 5.91 Å². The number of benzene rings is 1. The van der Waals surface area contributed by atoms with Crippen LogP contribution in [0.4, 0.5) is 0 Å². The maximum atomic E-state index is 12.9.